The zero-order valence-electron chi connectivity index (χ0n) is 17.0. The average Bonchev–Trinajstić information content (AvgIpc) is 3.26. The maximum atomic E-state index is 12.6. The van der Waals surface area contributed by atoms with E-state index in [-0.39, 0.29) is 5.91 Å². The van der Waals surface area contributed by atoms with Crippen molar-refractivity contribution in [3.63, 3.8) is 0 Å². The third-order valence-corrected chi connectivity index (χ3v) is 6.18. The Morgan fingerprint density at radius 3 is 2.48 bits per heavy atom. The maximum Gasteiger partial charge on any atom is 0.265 e. The van der Waals surface area contributed by atoms with E-state index in [0.717, 1.165) is 29.0 Å². The molecule has 0 saturated heterocycles. The van der Waals surface area contributed by atoms with Crippen molar-refractivity contribution >= 4 is 34.5 Å². The summed E-state index contributed by atoms with van der Waals surface area (Å²) >= 11 is 7.45. The molecule has 0 aliphatic carbocycles. The van der Waals surface area contributed by atoms with Crippen LogP contribution in [0.25, 0.3) is 0 Å². The molecule has 1 amide bonds. The highest BCUT2D eigenvalue weighted by Crippen LogP contribution is 2.23. The number of pyridine rings is 1. The minimum Gasteiger partial charge on any atom is -0.489 e. The molecule has 6 heteroatoms. The molecule has 4 nitrogen and oxygen atoms in total. The van der Waals surface area contributed by atoms with Crippen molar-refractivity contribution in [3.8, 4) is 5.75 Å². The molecule has 2 heterocycles. The lowest BCUT2D eigenvalue weighted by atomic mass is 10.1. The average molecular weight is 449 g/mol. The van der Waals surface area contributed by atoms with Crippen molar-refractivity contribution < 1.29 is 9.53 Å². The first-order valence-corrected chi connectivity index (χ1v) is 11.1. The van der Waals surface area contributed by atoms with Gasteiger partial charge in [-0.2, -0.15) is 0 Å². The molecule has 0 aliphatic heterocycles. The first-order chi connectivity index (χ1) is 15.1. The van der Waals surface area contributed by atoms with Crippen LogP contribution in [0.3, 0.4) is 0 Å². The Balaban J connectivity index is 1.32. The number of nitrogens with one attached hydrogen (secondary N) is 1. The van der Waals surface area contributed by atoms with Crippen LogP contribution < -0.4 is 10.1 Å². The Labute approximate surface area is 190 Å². The van der Waals surface area contributed by atoms with Crippen LogP contribution in [0.4, 0.5) is 5.69 Å². The molecule has 4 aromatic rings. The highest BCUT2D eigenvalue weighted by molar-refractivity contribution is 7.12. The number of hydrogen-bond acceptors (Lipinski definition) is 4. The van der Waals surface area contributed by atoms with Gasteiger partial charge in [0.15, 0.2) is 0 Å². The second-order valence-electron chi connectivity index (χ2n) is 7.20. The summed E-state index contributed by atoms with van der Waals surface area (Å²) in [5.41, 5.74) is 5.07. The zero-order chi connectivity index (χ0) is 21.6. The number of halogens is 1. The number of aromatic nitrogens is 1. The van der Waals surface area contributed by atoms with Crippen LogP contribution in [0, 0.1) is 6.92 Å². The van der Waals surface area contributed by atoms with E-state index in [9.17, 15) is 4.79 Å². The third-order valence-electron chi connectivity index (χ3n) is 4.78. The van der Waals surface area contributed by atoms with Gasteiger partial charge in [-0.15, -0.1) is 11.3 Å². The van der Waals surface area contributed by atoms with Gasteiger partial charge in [-0.05, 0) is 83.9 Å². The fourth-order valence-electron chi connectivity index (χ4n) is 3.08. The van der Waals surface area contributed by atoms with Crippen molar-refractivity contribution in [1.82, 2.24) is 4.98 Å². The molecular weight excluding hydrogens is 428 g/mol. The van der Waals surface area contributed by atoms with Gasteiger partial charge in [0.25, 0.3) is 5.91 Å². The summed E-state index contributed by atoms with van der Waals surface area (Å²) < 4.78 is 5.81. The lowest BCUT2D eigenvalue weighted by molar-refractivity contribution is 0.103. The quantitative estimate of drug-likeness (QED) is 0.349. The number of benzene rings is 2. The Kier molecular flexibility index (Phi) is 6.65. The van der Waals surface area contributed by atoms with Crippen LogP contribution in [0.1, 0.15) is 31.9 Å². The number of anilines is 1. The molecule has 0 fully saturated rings. The Hall–Kier alpha value is -3.15. The van der Waals surface area contributed by atoms with E-state index in [0.29, 0.717) is 16.5 Å². The van der Waals surface area contributed by atoms with E-state index in [1.54, 1.807) is 12.4 Å². The topological polar surface area (TPSA) is 51.2 Å². The van der Waals surface area contributed by atoms with Gasteiger partial charge in [-0.1, -0.05) is 23.7 Å². The Bertz CT molecular complexity index is 1170. The van der Waals surface area contributed by atoms with E-state index in [1.807, 2.05) is 73.0 Å². The summed E-state index contributed by atoms with van der Waals surface area (Å²) in [5, 5.41) is 5.61. The van der Waals surface area contributed by atoms with Crippen molar-refractivity contribution in [1.29, 1.82) is 0 Å². The van der Waals surface area contributed by atoms with Crippen molar-refractivity contribution in [2.75, 3.05) is 5.32 Å². The fraction of sp³-hybridized carbons (Fsp3) is 0.120. The van der Waals surface area contributed by atoms with Gasteiger partial charge >= 0.3 is 0 Å². The number of carbonyl (C=O) groups excluding carboxylic acids is 1. The highest BCUT2D eigenvalue weighted by Gasteiger charge is 2.10. The number of carbonyl (C=O) groups is 1. The monoisotopic (exact) mass is 448 g/mol. The van der Waals surface area contributed by atoms with Gasteiger partial charge in [-0.25, -0.2) is 0 Å². The van der Waals surface area contributed by atoms with Crippen molar-refractivity contribution in [3.05, 3.63) is 111 Å². The van der Waals surface area contributed by atoms with Crippen molar-refractivity contribution in [2.45, 2.75) is 20.0 Å². The van der Waals surface area contributed by atoms with Crippen LogP contribution in [0.5, 0.6) is 5.75 Å². The Morgan fingerprint density at radius 1 is 1.00 bits per heavy atom. The van der Waals surface area contributed by atoms with E-state index in [4.69, 9.17) is 16.3 Å². The molecule has 0 radical (unpaired) electrons. The van der Waals surface area contributed by atoms with E-state index < -0.39 is 0 Å². The van der Waals surface area contributed by atoms with Crippen LogP contribution in [-0.4, -0.2) is 10.9 Å². The predicted molar refractivity (Wildman–Crippen MR) is 126 cm³/mol. The van der Waals surface area contributed by atoms with E-state index in [1.165, 1.54) is 22.5 Å². The molecule has 0 saturated carbocycles. The van der Waals surface area contributed by atoms with Gasteiger partial charge in [-0.3, -0.25) is 9.78 Å². The summed E-state index contributed by atoms with van der Waals surface area (Å²) in [6.45, 7) is 2.34. The van der Waals surface area contributed by atoms with Crippen LogP contribution in [-0.2, 0) is 13.0 Å². The smallest absolute Gasteiger partial charge is 0.265 e. The molecule has 156 valence electrons. The Morgan fingerprint density at radius 2 is 1.74 bits per heavy atom. The second kappa shape index (κ2) is 9.77. The lowest BCUT2D eigenvalue weighted by Gasteiger charge is -2.07. The highest BCUT2D eigenvalue weighted by atomic mass is 35.5. The van der Waals surface area contributed by atoms with Gasteiger partial charge in [0.2, 0.25) is 0 Å². The SMILES string of the molecule is Cc1cc(OCc2csc(C(=O)Nc3ccc(Cc4ccncc4)cc3)c2)ccc1Cl. The van der Waals surface area contributed by atoms with E-state index >= 15 is 0 Å². The first-order valence-electron chi connectivity index (χ1n) is 9.82. The van der Waals surface area contributed by atoms with Crippen LogP contribution in [0.2, 0.25) is 5.02 Å². The summed E-state index contributed by atoms with van der Waals surface area (Å²) in [6, 6.07) is 19.3. The van der Waals surface area contributed by atoms with Gasteiger partial charge in [0.1, 0.15) is 12.4 Å². The molecule has 0 spiro atoms. The molecule has 2 aromatic carbocycles. The summed E-state index contributed by atoms with van der Waals surface area (Å²) in [4.78, 5) is 17.3. The molecule has 0 bridgehead atoms. The zero-order valence-corrected chi connectivity index (χ0v) is 18.5. The number of hydrogen-bond donors (Lipinski definition) is 1. The molecular formula is C25H21ClN2O2S. The minimum absolute atomic E-state index is 0.125. The van der Waals surface area contributed by atoms with Crippen molar-refractivity contribution in [2.24, 2.45) is 0 Å². The molecule has 0 aliphatic rings. The number of ether oxygens (including phenoxy) is 1. The number of aryl methyl sites for hydroxylation is 1. The minimum atomic E-state index is -0.125. The van der Waals surface area contributed by atoms with Gasteiger partial charge in [0, 0.05) is 28.7 Å². The molecule has 0 unspecified atom stereocenters. The largest absolute Gasteiger partial charge is 0.489 e. The standard InChI is InChI=1S/C25H21ClN2O2S/c1-17-12-22(6-7-23(17)26)30-15-20-14-24(31-16-20)25(29)28-21-4-2-18(3-5-21)13-19-8-10-27-11-9-19/h2-12,14,16H,13,15H2,1H3,(H,28,29). The van der Waals surface area contributed by atoms with Gasteiger partial charge < -0.3 is 10.1 Å². The van der Waals surface area contributed by atoms with Gasteiger partial charge in [0.05, 0.1) is 4.88 Å². The number of nitrogens with zero attached hydrogens (tertiary/aromatic N) is 1. The fourth-order valence-corrected chi connectivity index (χ4v) is 3.99. The third kappa shape index (κ3) is 5.72. The van der Waals surface area contributed by atoms with Crippen LogP contribution >= 0.6 is 22.9 Å². The molecule has 0 atom stereocenters. The lowest BCUT2D eigenvalue weighted by Crippen LogP contribution is -2.10. The second-order valence-corrected chi connectivity index (χ2v) is 8.52. The summed E-state index contributed by atoms with van der Waals surface area (Å²) in [6.07, 6.45) is 4.42. The van der Waals surface area contributed by atoms with Crippen LogP contribution in [0.15, 0.2) is 78.4 Å². The number of rotatable bonds is 7. The maximum absolute atomic E-state index is 12.6. The predicted octanol–water partition coefficient (Wildman–Crippen LogP) is 6.53. The summed E-state index contributed by atoms with van der Waals surface area (Å²) in [7, 11) is 0. The normalized spacial score (nSPS) is 10.6. The first kappa shape index (κ1) is 21.1. The molecule has 31 heavy (non-hydrogen) atoms. The number of thiophene rings is 1. The number of amides is 1. The summed E-state index contributed by atoms with van der Waals surface area (Å²) in [5.74, 6) is 0.631. The molecule has 2 aromatic heterocycles. The molecule has 1 N–H and O–H groups in total. The molecule has 4 rings (SSSR count). The van der Waals surface area contributed by atoms with E-state index in [2.05, 4.69) is 10.3 Å².